The lowest BCUT2D eigenvalue weighted by molar-refractivity contribution is -0.123. The van der Waals surface area contributed by atoms with Crippen LogP contribution in [-0.4, -0.2) is 27.3 Å². The molecule has 1 atom stereocenters. The maximum absolute atomic E-state index is 12.9. The van der Waals surface area contributed by atoms with Gasteiger partial charge < -0.3 is 10.1 Å². The molecule has 150 valence electrons. The summed E-state index contributed by atoms with van der Waals surface area (Å²) in [5.74, 6) is -1.20. The van der Waals surface area contributed by atoms with Crippen LogP contribution in [0.2, 0.25) is 0 Å². The third kappa shape index (κ3) is 4.32. The number of amides is 1. The van der Waals surface area contributed by atoms with Crippen molar-refractivity contribution in [3.05, 3.63) is 80.7 Å². The van der Waals surface area contributed by atoms with Crippen molar-refractivity contribution in [3.63, 3.8) is 0 Å². The first-order chi connectivity index (χ1) is 13.8. The Hall–Kier alpha value is -3.13. The number of hydrogen-bond acceptors (Lipinski definition) is 4. The lowest BCUT2D eigenvalue weighted by Gasteiger charge is -2.13. The number of rotatable bonds is 5. The molecule has 29 heavy (non-hydrogen) atoms. The molecule has 2 aromatic carbocycles. The van der Waals surface area contributed by atoms with E-state index in [1.165, 1.54) is 11.6 Å². The van der Waals surface area contributed by atoms with Gasteiger partial charge in [0.1, 0.15) is 5.69 Å². The molecular formula is C21H20BrN3O4. The van der Waals surface area contributed by atoms with Crippen molar-refractivity contribution in [1.29, 1.82) is 0 Å². The molecule has 1 aromatic heterocycles. The average Bonchev–Trinajstić information content (AvgIpc) is 2.92. The molecule has 7 nitrogen and oxygen atoms in total. The summed E-state index contributed by atoms with van der Waals surface area (Å²) in [4.78, 5) is 37.6. The van der Waals surface area contributed by atoms with Crippen LogP contribution in [-0.2, 0) is 16.6 Å². The Morgan fingerprint density at radius 1 is 1.07 bits per heavy atom. The number of halogens is 1. The number of carbonyl (C=O) groups is 2. The summed E-state index contributed by atoms with van der Waals surface area (Å²) in [6, 6.07) is 15.7. The van der Waals surface area contributed by atoms with Gasteiger partial charge in [0, 0.05) is 11.5 Å². The third-order valence-electron chi connectivity index (χ3n) is 4.54. The lowest BCUT2D eigenvalue weighted by atomic mass is 10.2. The molecule has 1 heterocycles. The fraction of sp³-hybridized carbons (Fsp3) is 0.190. The summed E-state index contributed by atoms with van der Waals surface area (Å²) < 4.78 is 9.18. The Morgan fingerprint density at radius 2 is 1.69 bits per heavy atom. The van der Waals surface area contributed by atoms with Crippen LogP contribution in [0.3, 0.4) is 0 Å². The van der Waals surface area contributed by atoms with E-state index in [0.29, 0.717) is 16.9 Å². The lowest BCUT2D eigenvalue weighted by Crippen LogP contribution is -2.32. The van der Waals surface area contributed by atoms with E-state index in [2.05, 4.69) is 21.2 Å². The number of carbonyl (C=O) groups excluding carboxylic acids is 2. The molecule has 0 spiro atoms. The Morgan fingerprint density at radius 3 is 2.31 bits per heavy atom. The van der Waals surface area contributed by atoms with Crippen LogP contribution in [0.4, 0.5) is 5.69 Å². The smallest absolute Gasteiger partial charge is 0.338 e. The number of para-hydroxylation sites is 1. The van der Waals surface area contributed by atoms with Gasteiger partial charge in [-0.05, 0) is 50.2 Å². The summed E-state index contributed by atoms with van der Waals surface area (Å²) in [7, 11) is 1.73. The summed E-state index contributed by atoms with van der Waals surface area (Å²) >= 11 is 3.29. The second-order valence-electron chi connectivity index (χ2n) is 6.48. The standard InChI is InChI=1S/C21H20BrN3O4/c1-13-18(20(27)25(24(13)3)17-7-5-4-6-8-17)23-19(26)14(2)29-21(28)15-9-11-16(22)12-10-15/h4-12,14H,1-3H3,(H,23,26). The number of aromatic nitrogens is 2. The van der Waals surface area contributed by atoms with Crippen LogP contribution in [0.1, 0.15) is 23.0 Å². The molecule has 1 unspecified atom stereocenters. The van der Waals surface area contributed by atoms with Crippen molar-refractivity contribution >= 4 is 33.5 Å². The minimum absolute atomic E-state index is 0.146. The highest BCUT2D eigenvalue weighted by Crippen LogP contribution is 2.15. The average molecular weight is 458 g/mol. The van der Waals surface area contributed by atoms with E-state index in [0.717, 1.165) is 4.47 Å². The van der Waals surface area contributed by atoms with Crippen molar-refractivity contribution in [3.8, 4) is 5.69 Å². The van der Waals surface area contributed by atoms with E-state index in [1.807, 2.05) is 18.2 Å². The molecule has 8 heteroatoms. The second-order valence-corrected chi connectivity index (χ2v) is 7.40. The summed E-state index contributed by atoms with van der Waals surface area (Å²) in [6.07, 6.45) is -1.07. The molecule has 0 bridgehead atoms. The Balaban J connectivity index is 1.77. The van der Waals surface area contributed by atoms with Crippen LogP contribution in [0, 0.1) is 6.92 Å². The van der Waals surface area contributed by atoms with Gasteiger partial charge in [0.05, 0.1) is 16.9 Å². The van der Waals surface area contributed by atoms with Gasteiger partial charge in [-0.25, -0.2) is 9.48 Å². The highest BCUT2D eigenvalue weighted by atomic mass is 79.9. The van der Waals surface area contributed by atoms with Crippen molar-refractivity contribution in [1.82, 2.24) is 9.36 Å². The number of nitrogens with zero attached hydrogens (tertiary/aromatic N) is 2. The van der Waals surface area contributed by atoms with Gasteiger partial charge in [-0.15, -0.1) is 0 Å². The summed E-state index contributed by atoms with van der Waals surface area (Å²) in [5.41, 5.74) is 1.37. The zero-order valence-electron chi connectivity index (χ0n) is 16.2. The minimum atomic E-state index is -1.07. The highest BCUT2D eigenvalue weighted by Gasteiger charge is 2.23. The van der Waals surface area contributed by atoms with Gasteiger partial charge in [0.25, 0.3) is 11.5 Å². The maximum atomic E-state index is 12.9. The van der Waals surface area contributed by atoms with E-state index in [4.69, 9.17) is 4.74 Å². The molecular weight excluding hydrogens is 438 g/mol. The second kappa shape index (κ2) is 8.48. The molecule has 0 saturated carbocycles. The molecule has 0 aliphatic carbocycles. The normalized spacial score (nSPS) is 11.7. The van der Waals surface area contributed by atoms with Crippen LogP contribution in [0.25, 0.3) is 5.69 Å². The van der Waals surface area contributed by atoms with E-state index in [1.54, 1.807) is 55.1 Å². The quantitative estimate of drug-likeness (QED) is 0.594. The molecule has 1 N–H and O–H groups in total. The Kier molecular flexibility index (Phi) is 6.03. The van der Waals surface area contributed by atoms with E-state index in [9.17, 15) is 14.4 Å². The summed E-state index contributed by atoms with van der Waals surface area (Å²) in [6.45, 7) is 3.19. The minimum Gasteiger partial charge on any atom is -0.449 e. The van der Waals surface area contributed by atoms with Crippen LogP contribution in [0.5, 0.6) is 0 Å². The number of benzene rings is 2. The molecule has 3 aromatic rings. The maximum Gasteiger partial charge on any atom is 0.338 e. The topological polar surface area (TPSA) is 82.3 Å². The van der Waals surface area contributed by atoms with Gasteiger partial charge in [-0.2, -0.15) is 0 Å². The van der Waals surface area contributed by atoms with E-state index >= 15 is 0 Å². The largest absolute Gasteiger partial charge is 0.449 e. The molecule has 0 radical (unpaired) electrons. The highest BCUT2D eigenvalue weighted by molar-refractivity contribution is 9.10. The van der Waals surface area contributed by atoms with Gasteiger partial charge in [0.2, 0.25) is 0 Å². The fourth-order valence-electron chi connectivity index (χ4n) is 2.81. The predicted molar refractivity (Wildman–Crippen MR) is 113 cm³/mol. The fourth-order valence-corrected chi connectivity index (χ4v) is 3.07. The number of nitrogens with one attached hydrogen (secondary N) is 1. The van der Waals surface area contributed by atoms with E-state index < -0.39 is 18.0 Å². The van der Waals surface area contributed by atoms with Crippen molar-refractivity contribution in [2.75, 3.05) is 5.32 Å². The number of hydrogen-bond donors (Lipinski definition) is 1. The SMILES string of the molecule is Cc1c(NC(=O)C(C)OC(=O)c2ccc(Br)cc2)c(=O)n(-c2ccccc2)n1C. The Bertz CT molecular complexity index is 1100. The number of anilines is 1. The van der Waals surface area contributed by atoms with Crippen LogP contribution < -0.4 is 10.9 Å². The van der Waals surface area contributed by atoms with Gasteiger partial charge in [-0.1, -0.05) is 34.1 Å². The zero-order valence-corrected chi connectivity index (χ0v) is 17.8. The first-order valence-corrected chi connectivity index (χ1v) is 9.70. The monoisotopic (exact) mass is 457 g/mol. The van der Waals surface area contributed by atoms with Crippen molar-refractivity contribution in [2.24, 2.45) is 7.05 Å². The number of esters is 1. The predicted octanol–water partition coefficient (Wildman–Crippen LogP) is 3.43. The number of ether oxygens (including phenoxy) is 1. The molecule has 0 aliphatic heterocycles. The van der Waals surface area contributed by atoms with Crippen LogP contribution in [0.15, 0.2) is 63.9 Å². The molecule has 0 fully saturated rings. The van der Waals surface area contributed by atoms with Gasteiger partial charge in [0.15, 0.2) is 6.10 Å². The van der Waals surface area contributed by atoms with E-state index in [-0.39, 0.29) is 11.2 Å². The van der Waals surface area contributed by atoms with Gasteiger partial charge in [-0.3, -0.25) is 14.3 Å². The molecule has 0 saturated heterocycles. The van der Waals surface area contributed by atoms with Gasteiger partial charge >= 0.3 is 5.97 Å². The molecule has 0 aliphatic rings. The van der Waals surface area contributed by atoms with Crippen molar-refractivity contribution in [2.45, 2.75) is 20.0 Å². The van der Waals surface area contributed by atoms with Crippen LogP contribution >= 0.6 is 15.9 Å². The first-order valence-electron chi connectivity index (χ1n) is 8.91. The first kappa shape index (κ1) is 20.6. The Labute approximate surface area is 176 Å². The molecule has 1 amide bonds. The summed E-state index contributed by atoms with van der Waals surface area (Å²) in [5, 5.41) is 2.60. The third-order valence-corrected chi connectivity index (χ3v) is 5.06. The molecule has 3 rings (SSSR count). The van der Waals surface area contributed by atoms with Crippen molar-refractivity contribution < 1.29 is 14.3 Å². The zero-order chi connectivity index (χ0) is 21.1.